The van der Waals surface area contributed by atoms with E-state index in [0.717, 1.165) is 23.1 Å². The van der Waals surface area contributed by atoms with Gasteiger partial charge in [-0.15, -0.1) is 0 Å². The van der Waals surface area contributed by atoms with Crippen LogP contribution in [0.4, 0.5) is 4.39 Å². The van der Waals surface area contributed by atoms with Gasteiger partial charge in [0, 0.05) is 25.4 Å². The molecule has 0 saturated carbocycles. The summed E-state index contributed by atoms with van der Waals surface area (Å²) in [7, 11) is 0. The first-order chi connectivity index (χ1) is 17.9. The number of ether oxygens (including phenoxy) is 2. The minimum atomic E-state index is -0.717. The fourth-order valence-corrected chi connectivity index (χ4v) is 4.27. The highest BCUT2D eigenvalue weighted by molar-refractivity contribution is 5.88. The van der Waals surface area contributed by atoms with E-state index in [9.17, 15) is 14.0 Å². The van der Waals surface area contributed by atoms with Crippen LogP contribution in [0.15, 0.2) is 72.8 Å². The van der Waals surface area contributed by atoms with Gasteiger partial charge in [0.1, 0.15) is 11.9 Å². The average molecular weight is 505 g/mol. The fourth-order valence-electron chi connectivity index (χ4n) is 4.27. The first-order valence-electron chi connectivity index (χ1n) is 12.7. The number of amides is 2. The van der Waals surface area contributed by atoms with E-state index in [2.05, 4.69) is 5.32 Å². The van der Waals surface area contributed by atoms with Gasteiger partial charge in [-0.1, -0.05) is 55.5 Å². The second-order valence-electron chi connectivity index (χ2n) is 9.36. The first-order valence-corrected chi connectivity index (χ1v) is 12.7. The molecule has 3 aromatic carbocycles. The summed E-state index contributed by atoms with van der Waals surface area (Å²) in [5.74, 6) is 0.666. The molecule has 1 N–H and O–H groups in total. The van der Waals surface area contributed by atoms with Crippen LogP contribution in [0, 0.1) is 5.82 Å². The zero-order valence-electron chi connectivity index (χ0n) is 21.3. The van der Waals surface area contributed by atoms with Crippen molar-refractivity contribution in [2.45, 2.75) is 58.2 Å². The molecule has 4 rings (SSSR count). The molecule has 7 heteroatoms. The quantitative estimate of drug-likeness (QED) is 0.397. The maximum absolute atomic E-state index is 13.7. The second kappa shape index (κ2) is 12.4. The van der Waals surface area contributed by atoms with Crippen molar-refractivity contribution in [2.24, 2.45) is 0 Å². The van der Waals surface area contributed by atoms with E-state index in [1.54, 1.807) is 17.0 Å². The van der Waals surface area contributed by atoms with Crippen LogP contribution in [0.3, 0.4) is 0 Å². The van der Waals surface area contributed by atoms with Gasteiger partial charge in [-0.3, -0.25) is 9.59 Å². The van der Waals surface area contributed by atoms with E-state index in [-0.39, 0.29) is 43.4 Å². The lowest BCUT2D eigenvalue weighted by molar-refractivity contribution is -0.141. The van der Waals surface area contributed by atoms with Gasteiger partial charge in [-0.25, -0.2) is 4.39 Å². The Kier molecular flexibility index (Phi) is 8.77. The van der Waals surface area contributed by atoms with Crippen LogP contribution in [-0.4, -0.2) is 35.6 Å². The molecular weight excluding hydrogens is 471 g/mol. The molecule has 0 aliphatic carbocycles. The summed E-state index contributed by atoms with van der Waals surface area (Å²) >= 11 is 0. The van der Waals surface area contributed by atoms with Crippen LogP contribution in [0.25, 0.3) is 0 Å². The van der Waals surface area contributed by atoms with Crippen LogP contribution in [0.1, 0.15) is 43.4 Å². The minimum absolute atomic E-state index is 0.0258. The van der Waals surface area contributed by atoms with Crippen molar-refractivity contribution in [1.29, 1.82) is 0 Å². The summed E-state index contributed by atoms with van der Waals surface area (Å²) in [5, 5.41) is 3.06. The number of nitrogens with zero attached hydrogens (tertiary/aromatic N) is 1. The Labute approximate surface area is 217 Å². The largest absolute Gasteiger partial charge is 0.454 e. The van der Waals surface area contributed by atoms with Crippen LogP contribution in [-0.2, 0) is 29.0 Å². The molecule has 0 aromatic heterocycles. The predicted octanol–water partition coefficient (Wildman–Crippen LogP) is 5.04. The van der Waals surface area contributed by atoms with Crippen molar-refractivity contribution < 1.29 is 23.5 Å². The molecule has 0 saturated heterocycles. The van der Waals surface area contributed by atoms with E-state index >= 15 is 0 Å². The SMILES string of the molecule is CCC(C)NC(=O)C(Cc1ccccc1)N(Cc1ccc(F)cc1)C(=O)CCc1ccc2c(c1)OCO2. The van der Waals surface area contributed by atoms with Crippen LogP contribution in [0.2, 0.25) is 0 Å². The second-order valence-corrected chi connectivity index (χ2v) is 9.36. The maximum Gasteiger partial charge on any atom is 0.243 e. The number of carbonyl (C=O) groups excluding carboxylic acids is 2. The topological polar surface area (TPSA) is 67.9 Å². The number of fused-ring (bicyclic) bond motifs is 1. The third kappa shape index (κ3) is 7.09. The van der Waals surface area contributed by atoms with Crippen LogP contribution < -0.4 is 14.8 Å². The summed E-state index contributed by atoms with van der Waals surface area (Å²) in [6.07, 6.45) is 1.85. The van der Waals surface area contributed by atoms with Crippen molar-refractivity contribution in [3.63, 3.8) is 0 Å². The van der Waals surface area contributed by atoms with Gasteiger partial charge in [0.2, 0.25) is 18.6 Å². The molecule has 2 atom stereocenters. The molecule has 1 heterocycles. The molecule has 2 amide bonds. The lowest BCUT2D eigenvalue weighted by atomic mass is 10.0. The Morgan fingerprint density at radius 3 is 2.38 bits per heavy atom. The molecule has 2 unspecified atom stereocenters. The number of benzene rings is 3. The number of hydrogen-bond acceptors (Lipinski definition) is 4. The third-order valence-electron chi connectivity index (χ3n) is 6.60. The Morgan fingerprint density at radius 2 is 1.65 bits per heavy atom. The van der Waals surface area contributed by atoms with Gasteiger partial charge >= 0.3 is 0 Å². The van der Waals surface area contributed by atoms with E-state index in [4.69, 9.17) is 9.47 Å². The van der Waals surface area contributed by atoms with Crippen LogP contribution >= 0.6 is 0 Å². The summed E-state index contributed by atoms with van der Waals surface area (Å²) in [5.41, 5.74) is 2.66. The van der Waals surface area contributed by atoms with E-state index in [1.165, 1.54) is 12.1 Å². The molecule has 1 aliphatic heterocycles. The van der Waals surface area contributed by atoms with Crippen molar-refractivity contribution >= 4 is 11.8 Å². The Hall–Kier alpha value is -3.87. The molecule has 194 valence electrons. The standard InChI is InChI=1S/C30H33FN2O4/c1-3-21(2)32-30(35)26(17-22-7-5-4-6-8-22)33(19-24-9-13-25(31)14-10-24)29(34)16-12-23-11-15-27-28(18-23)37-20-36-27/h4-11,13-15,18,21,26H,3,12,16-17,19-20H2,1-2H3,(H,32,35). The molecule has 0 bridgehead atoms. The Morgan fingerprint density at radius 1 is 0.946 bits per heavy atom. The maximum atomic E-state index is 13.7. The normalized spacial score (nSPS) is 13.6. The monoisotopic (exact) mass is 504 g/mol. The molecule has 0 fully saturated rings. The highest BCUT2D eigenvalue weighted by Crippen LogP contribution is 2.33. The first kappa shape index (κ1) is 26.2. The molecule has 0 radical (unpaired) electrons. The fraction of sp³-hybridized carbons (Fsp3) is 0.333. The summed E-state index contributed by atoms with van der Waals surface area (Å²) in [6, 6.07) is 20.6. The number of rotatable bonds is 11. The van der Waals surface area contributed by atoms with Gasteiger partial charge < -0.3 is 19.7 Å². The summed E-state index contributed by atoms with van der Waals surface area (Å²) in [4.78, 5) is 28.9. The van der Waals surface area contributed by atoms with Crippen molar-refractivity contribution in [3.05, 3.63) is 95.3 Å². The zero-order chi connectivity index (χ0) is 26.2. The smallest absolute Gasteiger partial charge is 0.243 e. The van der Waals surface area contributed by atoms with Crippen LogP contribution in [0.5, 0.6) is 11.5 Å². The van der Waals surface area contributed by atoms with E-state index in [0.29, 0.717) is 24.3 Å². The third-order valence-corrected chi connectivity index (χ3v) is 6.60. The minimum Gasteiger partial charge on any atom is -0.454 e. The molecule has 37 heavy (non-hydrogen) atoms. The molecule has 0 spiro atoms. The van der Waals surface area contributed by atoms with Gasteiger partial charge in [0.25, 0.3) is 0 Å². The highest BCUT2D eigenvalue weighted by atomic mass is 19.1. The molecule has 6 nitrogen and oxygen atoms in total. The van der Waals surface area contributed by atoms with Gasteiger partial charge in [-0.2, -0.15) is 0 Å². The average Bonchev–Trinajstić information content (AvgIpc) is 3.39. The number of nitrogens with one attached hydrogen (secondary N) is 1. The molecular formula is C30H33FN2O4. The van der Waals surface area contributed by atoms with E-state index in [1.807, 2.05) is 62.4 Å². The Balaban J connectivity index is 1.59. The van der Waals surface area contributed by atoms with Crippen molar-refractivity contribution in [3.8, 4) is 11.5 Å². The lowest BCUT2D eigenvalue weighted by Crippen LogP contribution is -2.52. The zero-order valence-corrected chi connectivity index (χ0v) is 21.3. The molecule has 1 aliphatic rings. The van der Waals surface area contributed by atoms with E-state index < -0.39 is 6.04 Å². The Bertz CT molecular complexity index is 1200. The number of hydrogen-bond donors (Lipinski definition) is 1. The molecule has 3 aromatic rings. The summed E-state index contributed by atoms with van der Waals surface area (Å²) < 4.78 is 24.4. The van der Waals surface area contributed by atoms with Gasteiger partial charge in [-0.05, 0) is 60.7 Å². The summed E-state index contributed by atoms with van der Waals surface area (Å²) in [6.45, 7) is 4.34. The van der Waals surface area contributed by atoms with Crippen molar-refractivity contribution in [2.75, 3.05) is 6.79 Å². The number of carbonyl (C=O) groups is 2. The lowest BCUT2D eigenvalue weighted by Gasteiger charge is -2.32. The highest BCUT2D eigenvalue weighted by Gasteiger charge is 2.31. The number of halogens is 1. The van der Waals surface area contributed by atoms with Gasteiger partial charge in [0.05, 0.1) is 0 Å². The predicted molar refractivity (Wildman–Crippen MR) is 140 cm³/mol. The van der Waals surface area contributed by atoms with Crippen molar-refractivity contribution in [1.82, 2.24) is 10.2 Å². The number of aryl methyl sites for hydroxylation is 1. The van der Waals surface area contributed by atoms with Gasteiger partial charge in [0.15, 0.2) is 11.5 Å².